The third kappa shape index (κ3) is 5.87. The van der Waals surface area contributed by atoms with Crippen molar-refractivity contribution < 1.29 is 28.9 Å². The normalized spacial score (nSPS) is 14.2. The van der Waals surface area contributed by atoms with Crippen molar-refractivity contribution >= 4 is 12.1 Å². The van der Waals surface area contributed by atoms with Crippen molar-refractivity contribution in [2.75, 3.05) is 26.3 Å². The number of esters is 1. The lowest BCUT2D eigenvalue weighted by Gasteiger charge is -2.29. The second-order valence-corrected chi connectivity index (χ2v) is 7.21. The zero-order valence-electron chi connectivity index (χ0n) is 17.9. The van der Waals surface area contributed by atoms with Crippen LogP contribution in [0.2, 0.25) is 0 Å². The third-order valence-electron chi connectivity index (χ3n) is 5.18. The summed E-state index contributed by atoms with van der Waals surface area (Å²) in [4.78, 5) is 29.1. The molecule has 0 atom stereocenters. The zero-order chi connectivity index (χ0) is 22.2. The van der Waals surface area contributed by atoms with E-state index < -0.39 is 6.09 Å². The summed E-state index contributed by atoms with van der Waals surface area (Å²) in [6.45, 7) is 5.68. The fourth-order valence-electron chi connectivity index (χ4n) is 3.56. The molecule has 1 aliphatic heterocycles. The summed E-state index contributed by atoms with van der Waals surface area (Å²) in [5, 5.41) is 9.11. The summed E-state index contributed by atoms with van der Waals surface area (Å²) < 4.78 is 16.6. The molecule has 166 valence electrons. The Kier molecular flexibility index (Phi) is 7.70. The van der Waals surface area contributed by atoms with Gasteiger partial charge in [-0.25, -0.2) is 14.6 Å². The van der Waals surface area contributed by atoms with Gasteiger partial charge in [0.15, 0.2) is 0 Å². The van der Waals surface area contributed by atoms with Gasteiger partial charge in [-0.05, 0) is 44.9 Å². The molecule has 1 amide bonds. The molecule has 0 bridgehead atoms. The number of aromatic nitrogens is 1. The first-order chi connectivity index (χ1) is 15.0. The van der Waals surface area contributed by atoms with Crippen molar-refractivity contribution in [3.63, 3.8) is 0 Å². The Bertz CT molecular complexity index is 909. The average molecular weight is 428 g/mol. The Hall–Kier alpha value is -3.29. The number of likely N-dealkylation sites (tertiary alicyclic amines) is 1. The monoisotopic (exact) mass is 428 g/mol. The lowest BCUT2D eigenvalue weighted by molar-refractivity contribution is 0.0525. The fraction of sp³-hybridized carbons (Fsp3) is 0.435. The van der Waals surface area contributed by atoms with E-state index in [4.69, 9.17) is 19.3 Å². The van der Waals surface area contributed by atoms with E-state index in [1.807, 2.05) is 19.1 Å². The maximum absolute atomic E-state index is 12.0. The van der Waals surface area contributed by atoms with Crippen molar-refractivity contribution in [2.24, 2.45) is 0 Å². The zero-order valence-corrected chi connectivity index (χ0v) is 17.9. The van der Waals surface area contributed by atoms with Crippen LogP contribution >= 0.6 is 0 Å². The predicted octanol–water partition coefficient (Wildman–Crippen LogP) is 4.09. The van der Waals surface area contributed by atoms with E-state index in [0.717, 1.165) is 24.1 Å². The van der Waals surface area contributed by atoms with Crippen molar-refractivity contribution in [2.45, 2.75) is 39.2 Å². The molecular formula is C23H28N2O6. The predicted molar refractivity (Wildman–Crippen MR) is 114 cm³/mol. The minimum Gasteiger partial charge on any atom is -0.493 e. The van der Waals surface area contributed by atoms with Crippen molar-refractivity contribution in [3.8, 4) is 11.6 Å². The Balaban J connectivity index is 1.66. The molecule has 3 rings (SSSR count). The molecule has 0 radical (unpaired) electrons. The van der Waals surface area contributed by atoms with Crippen molar-refractivity contribution in [1.29, 1.82) is 0 Å². The lowest BCUT2D eigenvalue weighted by atomic mass is 9.93. The molecule has 31 heavy (non-hydrogen) atoms. The van der Waals surface area contributed by atoms with Gasteiger partial charge in [0.2, 0.25) is 5.88 Å². The quantitative estimate of drug-likeness (QED) is 0.632. The number of carbonyl (C=O) groups excluding carboxylic acids is 1. The smallest absolute Gasteiger partial charge is 0.407 e. The molecule has 1 N–H and O–H groups in total. The SMILES string of the molecule is CCOC(=O)c1ccc(COc2cccc(C3CCN(C(=O)O)CC3)n2)c(OCC)c1. The Morgan fingerprint density at radius 1 is 1.10 bits per heavy atom. The molecule has 2 aromatic rings. The summed E-state index contributed by atoms with van der Waals surface area (Å²) in [5.41, 5.74) is 2.14. The summed E-state index contributed by atoms with van der Waals surface area (Å²) in [7, 11) is 0. The summed E-state index contributed by atoms with van der Waals surface area (Å²) in [6, 6.07) is 10.8. The van der Waals surface area contributed by atoms with Gasteiger partial charge < -0.3 is 24.2 Å². The van der Waals surface area contributed by atoms with Crippen LogP contribution in [-0.2, 0) is 11.3 Å². The highest BCUT2D eigenvalue weighted by Crippen LogP contribution is 2.28. The number of pyridine rings is 1. The molecule has 1 aliphatic rings. The molecule has 0 unspecified atom stereocenters. The van der Waals surface area contributed by atoms with Crippen LogP contribution in [0.15, 0.2) is 36.4 Å². The maximum atomic E-state index is 12.0. The van der Waals surface area contributed by atoms with Crippen molar-refractivity contribution in [3.05, 3.63) is 53.2 Å². The molecule has 0 saturated carbocycles. The number of hydrogen-bond donors (Lipinski definition) is 1. The van der Waals surface area contributed by atoms with Crippen molar-refractivity contribution in [1.82, 2.24) is 9.88 Å². The Morgan fingerprint density at radius 3 is 2.55 bits per heavy atom. The second kappa shape index (κ2) is 10.7. The van der Waals surface area contributed by atoms with Gasteiger partial charge in [-0.1, -0.05) is 12.1 Å². The van der Waals surface area contributed by atoms with E-state index in [9.17, 15) is 9.59 Å². The first-order valence-corrected chi connectivity index (χ1v) is 10.5. The first kappa shape index (κ1) is 22.4. The number of amides is 1. The molecule has 1 saturated heterocycles. The fourth-order valence-corrected chi connectivity index (χ4v) is 3.56. The van der Waals surface area contributed by atoms with Crippen LogP contribution in [0, 0.1) is 0 Å². The van der Waals surface area contributed by atoms with Crippen LogP contribution in [-0.4, -0.2) is 53.4 Å². The molecule has 8 nitrogen and oxygen atoms in total. The van der Waals surface area contributed by atoms with Gasteiger partial charge in [0.1, 0.15) is 12.4 Å². The molecule has 8 heteroatoms. The van der Waals surface area contributed by atoms with Crippen LogP contribution in [0.25, 0.3) is 0 Å². The van der Waals surface area contributed by atoms with Gasteiger partial charge in [-0.15, -0.1) is 0 Å². The Morgan fingerprint density at radius 2 is 1.87 bits per heavy atom. The van der Waals surface area contributed by atoms with Crippen LogP contribution in [0.5, 0.6) is 11.6 Å². The number of carboxylic acid groups (broad SMARTS) is 1. The minimum absolute atomic E-state index is 0.210. The van der Waals surface area contributed by atoms with E-state index in [0.29, 0.717) is 43.5 Å². The number of nitrogens with zero attached hydrogens (tertiary/aromatic N) is 2. The van der Waals surface area contributed by atoms with Gasteiger partial charge in [0.25, 0.3) is 0 Å². The van der Waals surface area contributed by atoms with Crippen LogP contribution in [0.3, 0.4) is 0 Å². The second-order valence-electron chi connectivity index (χ2n) is 7.21. The number of hydrogen-bond acceptors (Lipinski definition) is 6. The largest absolute Gasteiger partial charge is 0.493 e. The van der Waals surface area contributed by atoms with E-state index in [1.54, 1.807) is 31.2 Å². The standard InChI is InChI=1S/C23H28N2O6/c1-3-29-20-14-17(22(26)30-4-2)8-9-18(20)15-31-21-7-5-6-19(24-21)16-10-12-25(13-11-16)23(27)28/h5-9,14,16H,3-4,10-13,15H2,1-2H3,(H,27,28). The molecule has 1 aromatic heterocycles. The van der Waals surface area contributed by atoms with Crippen LogP contribution in [0.4, 0.5) is 4.79 Å². The topological polar surface area (TPSA) is 98.2 Å². The summed E-state index contributed by atoms with van der Waals surface area (Å²) in [5.74, 6) is 0.890. The van der Waals surface area contributed by atoms with Crippen LogP contribution in [0.1, 0.15) is 54.2 Å². The molecule has 0 spiro atoms. The van der Waals surface area contributed by atoms with Gasteiger partial charge in [0, 0.05) is 36.3 Å². The minimum atomic E-state index is -0.873. The highest BCUT2D eigenvalue weighted by Gasteiger charge is 2.24. The average Bonchev–Trinajstić information content (AvgIpc) is 2.79. The number of ether oxygens (including phenoxy) is 3. The number of rotatable bonds is 8. The van der Waals surface area contributed by atoms with E-state index in [-0.39, 0.29) is 18.5 Å². The van der Waals surface area contributed by atoms with E-state index >= 15 is 0 Å². The molecular weight excluding hydrogens is 400 g/mol. The van der Waals surface area contributed by atoms with E-state index in [2.05, 4.69) is 4.98 Å². The van der Waals surface area contributed by atoms with E-state index in [1.165, 1.54) is 4.90 Å². The molecule has 1 fully saturated rings. The maximum Gasteiger partial charge on any atom is 0.407 e. The lowest BCUT2D eigenvalue weighted by Crippen LogP contribution is -2.36. The summed E-state index contributed by atoms with van der Waals surface area (Å²) >= 11 is 0. The molecule has 2 heterocycles. The highest BCUT2D eigenvalue weighted by atomic mass is 16.5. The van der Waals surface area contributed by atoms with Gasteiger partial charge >= 0.3 is 12.1 Å². The third-order valence-corrected chi connectivity index (χ3v) is 5.18. The molecule has 0 aliphatic carbocycles. The van der Waals surface area contributed by atoms with Gasteiger partial charge in [-0.2, -0.15) is 0 Å². The summed E-state index contributed by atoms with van der Waals surface area (Å²) in [6.07, 6.45) is 0.613. The number of benzene rings is 1. The number of piperidine rings is 1. The Labute approximate surface area is 181 Å². The van der Waals surface area contributed by atoms with Gasteiger partial charge in [-0.3, -0.25) is 0 Å². The van der Waals surface area contributed by atoms with Crippen LogP contribution < -0.4 is 9.47 Å². The molecule has 1 aromatic carbocycles. The van der Waals surface area contributed by atoms with Gasteiger partial charge in [0.05, 0.1) is 18.8 Å². The first-order valence-electron chi connectivity index (χ1n) is 10.5. The number of carbonyl (C=O) groups is 2. The highest BCUT2D eigenvalue weighted by molar-refractivity contribution is 5.90.